The van der Waals surface area contributed by atoms with Crippen molar-refractivity contribution in [3.8, 4) is 0 Å². The van der Waals surface area contributed by atoms with E-state index in [9.17, 15) is 4.79 Å². The third-order valence-electron chi connectivity index (χ3n) is 4.77. The normalized spacial score (nSPS) is 15.4. The summed E-state index contributed by atoms with van der Waals surface area (Å²) in [6, 6.07) is 7.64. The molecule has 1 saturated carbocycles. The molecule has 1 unspecified atom stereocenters. The van der Waals surface area contributed by atoms with Crippen molar-refractivity contribution in [2.24, 2.45) is 5.92 Å². The summed E-state index contributed by atoms with van der Waals surface area (Å²) in [7, 11) is 0. The van der Waals surface area contributed by atoms with Crippen molar-refractivity contribution >= 4 is 33.4 Å². The maximum absolute atomic E-state index is 12.7. The van der Waals surface area contributed by atoms with Gasteiger partial charge in [-0.3, -0.25) is 9.78 Å². The van der Waals surface area contributed by atoms with Gasteiger partial charge in [0.05, 0.1) is 22.0 Å². The van der Waals surface area contributed by atoms with E-state index < -0.39 is 0 Å². The lowest BCUT2D eigenvalue weighted by atomic mass is 9.85. The summed E-state index contributed by atoms with van der Waals surface area (Å²) < 4.78 is 0.826. The van der Waals surface area contributed by atoms with E-state index in [2.05, 4.69) is 25.6 Å². The van der Waals surface area contributed by atoms with E-state index in [4.69, 9.17) is 0 Å². The van der Waals surface area contributed by atoms with Gasteiger partial charge in [0.15, 0.2) is 5.69 Å². The third kappa shape index (κ3) is 3.53. The minimum absolute atomic E-state index is 0.0572. The Kier molecular flexibility index (Phi) is 4.79. The van der Waals surface area contributed by atoms with E-state index in [-0.39, 0.29) is 11.9 Å². The quantitative estimate of drug-likeness (QED) is 0.693. The number of hydrogen-bond acceptors (Lipinski definition) is 6. The molecule has 134 valence electrons. The number of thiophene rings is 1. The Balaban J connectivity index is 1.56. The van der Waals surface area contributed by atoms with Crippen LogP contribution < -0.4 is 10.6 Å². The summed E-state index contributed by atoms with van der Waals surface area (Å²) >= 11 is 1.49. The molecule has 7 heteroatoms. The highest BCUT2D eigenvalue weighted by atomic mass is 32.1. The molecular weight excluding hydrogens is 346 g/mol. The van der Waals surface area contributed by atoms with Gasteiger partial charge < -0.3 is 10.6 Å². The van der Waals surface area contributed by atoms with Gasteiger partial charge in [0.1, 0.15) is 0 Å². The van der Waals surface area contributed by atoms with Crippen molar-refractivity contribution in [1.82, 2.24) is 20.3 Å². The lowest BCUT2D eigenvalue weighted by molar-refractivity contribution is 0.0936. The van der Waals surface area contributed by atoms with Crippen LogP contribution in [0.1, 0.15) is 48.4 Å². The molecule has 0 aromatic carbocycles. The zero-order valence-corrected chi connectivity index (χ0v) is 15.4. The largest absolute Gasteiger partial charge is 0.350 e. The first-order valence-corrected chi connectivity index (χ1v) is 9.79. The second-order valence-corrected chi connectivity index (χ2v) is 7.57. The van der Waals surface area contributed by atoms with Gasteiger partial charge in [0, 0.05) is 12.7 Å². The van der Waals surface area contributed by atoms with Crippen LogP contribution in [0.3, 0.4) is 0 Å². The number of pyridine rings is 1. The minimum Gasteiger partial charge on any atom is -0.350 e. The summed E-state index contributed by atoms with van der Waals surface area (Å²) in [6.45, 7) is 2.72. The van der Waals surface area contributed by atoms with E-state index in [1.54, 1.807) is 6.20 Å². The second-order valence-electron chi connectivity index (χ2n) is 6.66. The summed E-state index contributed by atoms with van der Waals surface area (Å²) in [5.74, 6) is 0.935. The molecule has 1 amide bonds. The van der Waals surface area contributed by atoms with Gasteiger partial charge >= 0.3 is 0 Å². The highest BCUT2D eigenvalue weighted by Crippen LogP contribution is 2.27. The van der Waals surface area contributed by atoms with E-state index in [1.165, 1.54) is 30.6 Å². The summed E-state index contributed by atoms with van der Waals surface area (Å²) in [4.78, 5) is 26.1. The Hall–Kier alpha value is -2.54. The number of fused-ring (bicyclic) bond motifs is 1. The number of carbonyl (C=O) groups is 1. The summed E-state index contributed by atoms with van der Waals surface area (Å²) in [6.07, 6.45) is 5.43. The predicted octanol–water partition coefficient (Wildman–Crippen LogP) is 3.79. The summed E-state index contributed by atoms with van der Waals surface area (Å²) in [5.41, 5.74) is 2.13. The zero-order chi connectivity index (χ0) is 17.9. The van der Waals surface area contributed by atoms with Gasteiger partial charge in [-0.1, -0.05) is 12.5 Å². The van der Waals surface area contributed by atoms with Crippen molar-refractivity contribution in [3.63, 3.8) is 0 Å². The van der Waals surface area contributed by atoms with Gasteiger partial charge in [-0.15, -0.1) is 11.3 Å². The predicted molar refractivity (Wildman–Crippen MR) is 103 cm³/mol. The molecule has 3 aromatic heterocycles. The van der Waals surface area contributed by atoms with Crippen molar-refractivity contribution in [3.05, 3.63) is 47.2 Å². The number of rotatable bonds is 6. The molecule has 0 radical (unpaired) electrons. The van der Waals surface area contributed by atoms with Crippen molar-refractivity contribution < 1.29 is 4.79 Å². The Morgan fingerprint density at radius 3 is 2.92 bits per heavy atom. The van der Waals surface area contributed by atoms with Gasteiger partial charge in [0.25, 0.3) is 5.91 Å². The molecule has 0 aliphatic heterocycles. The molecule has 0 spiro atoms. The Morgan fingerprint density at radius 1 is 1.31 bits per heavy atom. The molecule has 1 atom stereocenters. The van der Waals surface area contributed by atoms with E-state index in [0.717, 1.165) is 22.5 Å². The highest BCUT2D eigenvalue weighted by Gasteiger charge is 2.21. The average molecular weight is 367 g/mol. The molecule has 3 aromatic rings. The van der Waals surface area contributed by atoms with Crippen LogP contribution >= 0.6 is 11.3 Å². The number of anilines is 1. The van der Waals surface area contributed by atoms with Crippen molar-refractivity contribution in [2.75, 3.05) is 11.9 Å². The number of carbonyl (C=O) groups excluding carboxylic acids is 1. The first-order chi connectivity index (χ1) is 12.7. The van der Waals surface area contributed by atoms with Gasteiger partial charge in [-0.05, 0) is 49.3 Å². The molecule has 3 heterocycles. The number of amides is 1. The molecule has 1 aliphatic carbocycles. The zero-order valence-electron chi connectivity index (χ0n) is 14.6. The smallest absolute Gasteiger partial charge is 0.271 e. The molecule has 0 bridgehead atoms. The van der Waals surface area contributed by atoms with Crippen LogP contribution in [0.2, 0.25) is 0 Å². The topological polar surface area (TPSA) is 79.8 Å². The molecule has 0 saturated heterocycles. The molecule has 1 aliphatic rings. The Labute approximate surface area is 156 Å². The summed E-state index contributed by atoms with van der Waals surface area (Å²) in [5, 5.41) is 8.23. The maximum Gasteiger partial charge on any atom is 0.271 e. The SMILES string of the molecule is CC(Nc1nc(C(=O)NCC2CCC2)c2sccc2n1)c1ccccn1. The fourth-order valence-electron chi connectivity index (χ4n) is 3.00. The fourth-order valence-corrected chi connectivity index (χ4v) is 3.82. The minimum atomic E-state index is -0.125. The van der Waals surface area contributed by atoms with Crippen LogP contribution in [0.25, 0.3) is 10.2 Å². The van der Waals surface area contributed by atoms with Gasteiger partial charge in [0.2, 0.25) is 5.95 Å². The van der Waals surface area contributed by atoms with Crippen LogP contribution in [0.15, 0.2) is 35.8 Å². The molecule has 2 N–H and O–H groups in total. The standard InChI is InChI=1S/C19H21N5OS/c1-12(14-7-2-3-9-20-14)22-19-23-15-8-10-26-17(15)16(24-19)18(25)21-11-13-5-4-6-13/h2-3,7-10,12-13H,4-6,11H2,1H3,(H,21,25)(H,22,23,24). The van der Waals surface area contributed by atoms with E-state index in [0.29, 0.717) is 17.6 Å². The first kappa shape index (κ1) is 16.9. The lowest BCUT2D eigenvalue weighted by Crippen LogP contribution is -2.32. The van der Waals surface area contributed by atoms with Gasteiger partial charge in [-0.25, -0.2) is 9.97 Å². The Bertz CT molecular complexity index is 907. The molecular formula is C19H21N5OS. The molecule has 6 nitrogen and oxygen atoms in total. The average Bonchev–Trinajstić information content (AvgIpc) is 3.08. The lowest BCUT2D eigenvalue weighted by Gasteiger charge is -2.25. The van der Waals surface area contributed by atoms with Crippen LogP contribution in [0, 0.1) is 5.92 Å². The fraction of sp³-hybridized carbons (Fsp3) is 0.368. The number of hydrogen-bond donors (Lipinski definition) is 2. The Morgan fingerprint density at radius 2 is 2.19 bits per heavy atom. The van der Waals surface area contributed by atoms with Crippen molar-refractivity contribution in [2.45, 2.75) is 32.2 Å². The monoisotopic (exact) mass is 367 g/mol. The van der Waals surface area contributed by atoms with E-state index >= 15 is 0 Å². The van der Waals surface area contributed by atoms with Crippen LogP contribution in [-0.2, 0) is 0 Å². The van der Waals surface area contributed by atoms with Gasteiger partial charge in [-0.2, -0.15) is 0 Å². The van der Waals surface area contributed by atoms with Crippen LogP contribution in [0.4, 0.5) is 5.95 Å². The maximum atomic E-state index is 12.7. The molecule has 26 heavy (non-hydrogen) atoms. The number of nitrogens with one attached hydrogen (secondary N) is 2. The van der Waals surface area contributed by atoms with Crippen LogP contribution in [-0.4, -0.2) is 27.4 Å². The van der Waals surface area contributed by atoms with E-state index in [1.807, 2.05) is 36.6 Å². The highest BCUT2D eigenvalue weighted by molar-refractivity contribution is 7.17. The van der Waals surface area contributed by atoms with Crippen LogP contribution in [0.5, 0.6) is 0 Å². The molecule has 4 rings (SSSR count). The third-order valence-corrected chi connectivity index (χ3v) is 5.68. The second kappa shape index (κ2) is 7.37. The molecule has 1 fully saturated rings. The van der Waals surface area contributed by atoms with Crippen molar-refractivity contribution in [1.29, 1.82) is 0 Å². The number of aromatic nitrogens is 3. The number of nitrogens with zero attached hydrogens (tertiary/aromatic N) is 3. The first-order valence-electron chi connectivity index (χ1n) is 8.91.